The average molecular weight is 263 g/mol. The molecule has 0 aromatic heterocycles. The van der Waals surface area contributed by atoms with Gasteiger partial charge in [0.15, 0.2) is 0 Å². The highest BCUT2D eigenvalue weighted by Crippen LogP contribution is 2.21. The quantitative estimate of drug-likeness (QED) is 0.856. The fourth-order valence-electron chi connectivity index (χ4n) is 2.51. The molecule has 0 aliphatic carbocycles. The van der Waals surface area contributed by atoms with E-state index < -0.39 is 12.0 Å². The van der Waals surface area contributed by atoms with Crippen LogP contribution in [0.2, 0.25) is 0 Å². The third-order valence-corrected chi connectivity index (χ3v) is 3.60. The highest BCUT2D eigenvalue weighted by molar-refractivity contribution is 5.75. The molecule has 19 heavy (non-hydrogen) atoms. The molecule has 4 nitrogen and oxygen atoms in total. The highest BCUT2D eigenvalue weighted by Gasteiger charge is 2.27. The molecule has 104 valence electrons. The number of rotatable bonds is 5. The van der Waals surface area contributed by atoms with Gasteiger partial charge in [-0.2, -0.15) is 0 Å². The van der Waals surface area contributed by atoms with E-state index in [1.165, 1.54) is 0 Å². The van der Waals surface area contributed by atoms with Crippen molar-refractivity contribution in [2.75, 3.05) is 6.61 Å². The van der Waals surface area contributed by atoms with Crippen LogP contribution < -0.4 is 5.32 Å². The number of carboxylic acid groups (broad SMARTS) is 1. The molecule has 3 atom stereocenters. The zero-order chi connectivity index (χ0) is 13.7. The van der Waals surface area contributed by atoms with Gasteiger partial charge in [0.1, 0.15) is 6.04 Å². The Morgan fingerprint density at radius 1 is 1.47 bits per heavy atom. The van der Waals surface area contributed by atoms with Crippen LogP contribution in [0.15, 0.2) is 30.3 Å². The minimum atomic E-state index is -0.828. The molecule has 4 heteroatoms. The summed E-state index contributed by atoms with van der Waals surface area (Å²) >= 11 is 0. The number of benzene rings is 1. The Labute approximate surface area is 113 Å². The third kappa shape index (κ3) is 3.78. The maximum atomic E-state index is 11.4. The topological polar surface area (TPSA) is 58.6 Å². The number of hydrogen-bond acceptors (Lipinski definition) is 3. The Morgan fingerprint density at radius 3 is 2.84 bits per heavy atom. The second-order valence-corrected chi connectivity index (χ2v) is 4.97. The lowest BCUT2D eigenvalue weighted by Crippen LogP contribution is -2.42. The van der Waals surface area contributed by atoms with E-state index in [2.05, 4.69) is 12.2 Å². The summed E-state index contributed by atoms with van der Waals surface area (Å²) in [4.78, 5) is 11.4. The molecule has 1 fully saturated rings. The first-order valence-corrected chi connectivity index (χ1v) is 6.86. The Balaban J connectivity index is 2.03. The first kappa shape index (κ1) is 14.0. The predicted molar refractivity (Wildman–Crippen MR) is 73.0 cm³/mol. The molecule has 2 rings (SSSR count). The zero-order valence-electron chi connectivity index (χ0n) is 11.2. The maximum Gasteiger partial charge on any atom is 0.325 e. The number of ether oxygens (including phenoxy) is 1. The van der Waals surface area contributed by atoms with Crippen LogP contribution in [0.4, 0.5) is 0 Å². The van der Waals surface area contributed by atoms with E-state index in [-0.39, 0.29) is 12.1 Å². The van der Waals surface area contributed by atoms with Crippen LogP contribution in [-0.2, 0) is 9.53 Å². The lowest BCUT2D eigenvalue weighted by atomic mass is 9.99. The van der Waals surface area contributed by atoms with Crippen LogP contribution in [0.1, 0.15) is 37.8 Å². The van der Waals surface area contributed by atoms with Crippen LogP contribution >= 0.6 is 0 Å². The molecule has 0 spiro atoms. The third-order valence-electron chi connectivity index (χ3n) is 3.60. The van der Waals surface area contributed by atoms with Crippen molar-refractivity contribution in [1.29, 1.82) is 0 Å². The lowest BCUT2D eigenvalue weighted by Gasteiger charge is -2.31. The molecule has 1 aromatic rings. The predicted octanol–water partition coefficient (Wildman–Crippen LogP) is 2.36. The smallest absolute Gasteiger partial charge is 0.325 e. The van der Waals surface area contributed by atoms with Crippen molar-refractivity contribution in [2.24, 2.45) is 0 Å². The number of hydrogen-bond donors (Lipinski definition) is 2. The van der Waals surface area contributed by atoms with E-state index in [1.807, 2.05) is 30.3 Å². The maximum absolute atomic E-state index is 11.4. The molecular formula is C15H21NO3. The first-order chi connectivity index (χ1) is 9.20. The van der Waals surface area contributed by atoms with Crippen LogP contribution in [0.25, 0.3) is 0 Å². The van der Waals surface area contributed by atoms with Crippen LogP contribution in [-0.4, -0.2) is 29.8 Å². The van der Waals surface area contributed by atoms with Gasteiger partial charge < -0.3 is 9.84 Å². The Bertz CT molecular complexity index is 407. The van der Waals surface area contributed by atoms with E-state index in [4.69, 9.17) is 4.74 Å². The van der Waals surface area contributed by atoms with Gasteiger partial charge in [-0.25, -0.2) is 0 Å². The van der Waals surface area contributed by atoms with Gasteiger partial charge in [0.25, 0.3) is 0 Å². The van der Waals surface area contributed by atoms with Crippen LogP contribution in [0.3, 0.4) is 0 Å². The summed E-state index contributed by atoms with van der Waals surface area (Å²) in [6, 6.07) is 8.90. The fraction of sp³-hybridized carbons (Fsp3) is 0.533. The fourth-order valence-corrected chi connectivity index (χ4v) is 2.51. The van der Waals surface area contributed by atoms with Crippen molar-refractivity contribution >= 4 is 5.97 Å². The van der Waals surface area contributed by atoms with E-state index in [0.717, 1.165) is 24.8 Å². The van der Waals surface area contributed by atoms with Crippen molar-refractivity contribution in [3.63, 3.8) is 0 Å². The van der Waals surface area contributed by atoms with Gasteiger partial charge in [0, 0.05) is 12.6 Å². The summed E-state index contributed by atoms with van der Waals surface area (Å²) < 4.78 is 5.62. The second kappa shape index (κ2) is 6.68. The molecular weight excluding hydrogens is 242 g/mol. The molecule has 0 amide bonds. The molecule has 1 heterocycles. The van der Waals surface area contributed by atoms with Crippen LogP contribution in [0.5, 0.6) is 0 Å². The summed E-state index contributed by atoms with van der Waals surface area (Å²) in [6.45, 7) is 2.80. The van der Waals surface area contributed by atoms with Gasteiger partial charge in [-0.05, 0) is 24.8 Å². The minimum absolute atomic E-state index is 0.208. The van der Waals surface area contributed by atoms with E-state index in [0.29, 0.717) is 6.61 Å². The van der Waals surface area contributed by atoms with Crippen molar-refractivity contribution in [2.45, 2.75) is 44.4 Å². The molecule has 0 saturated carbocycles. The molecule has 1 saturated heterocycles. The van der Waals surface area contributed by atoms with Crippen molar-refractivity contribution in [3.8, 4) is 0 Å². The number of nitrogens with one attached hydrogen (secondary N) is 1. The van der Waals surface area contributed by atoms with E-state index in [1.54, 1.807) is 0 Å². The van der Waals surface area contributed by atoms with Crippen molar-refractivity contribution in [1.82, 2.24) is 5.32 Å². The number of carboxylic acids is 1. The van der Waals surface area contributed by atoms with Crippen LogP contribution in [0, 0.1) is 0 Å². The van der Waals surface area contributed by atoms with E-state index >= 15 is 0 Å². The summed E-state index contributed by atoms with van der Waals surface area (Å²) in [7, 11) is 0. The molecule has 1 aliphatic rings. The van der Waals surface area contributed by atoms with Gasteiger partial charge in [-0.15, -0.1) is 0 Å². The van der Waals surface area contributed by atoms with Crippen molar-refractivity contribution in [3.05, 3.63) is 35.9 Å². The van der Waals surface area contributed by atoms with Gasteiger partial charge in [0.05, 0.1) is 6.10 Å². The monoisotopic (exact) mass is 263 g/mol. The van der Waals surface area contributed by atoms with Crippen molar-refractivity contribution < 1.29 is 14.6 Å². The van der Waals surface area contributed by atoms with Gasteiger partial charge in [-0.3, -0.25) is 10.1 Å². The summed E-state index contributed by atoms with van der Waals surface area (Å²) in [5, 5.41) is 12.6. The molecule has 1 aromatic carbocycles. The molecule has 3 unspecified atom stereocenters. The zero-order valence-corrected chi connectivity index (χ0v) is 11.2. The Kier molecular flexibility index (Phi) is 4.93. The van der Waals surface area contributed by atoms with Gasteiger partial charge in [0.2, 0.25) is 0 Å². The highest BCUT2D eigenvalue weighted by atomic mass is 16.5. The Hall–Kier alpha value is -1.39. The Morgan fingerprint density at radius 2 is 2.21 bits per heavy atom. The summed E-state index contributed by atoms with van der Waals surface area (Å²) in [5.74, 6) is -0.828. The molecule has 0 bridgehead atoms. The summed E-state index contributed by atoms with van der Waals surface area (Å²) in [5.41, 5.74) is 0.801. The standard InChI is InChI=1S/C15H21NO3/c1-2-13-10-12(8-9-19-13)16-14(15(17)18)11-6-4-3-5-7-11/h3-7,12-14,16H,2,8-10H2,1H3,(H,17,18). The lowest BCUT2D eigenvalue weighted by molar-refractivity contribution is -0.140. The average Bonchev–Trinajstić information content (AvgIpc) is 2.45. The SMILES string of the molecule is CCC1CC(NC(C(=O)O)c2ccccc2)CCO1. The molecule has 2 N–H and O–H groups in total. The molecule has 0 radical (unpaired) electrons. The molecule has 1 aliphatic heterocycles. The second-order valence-electron chi connectivity index (χ2n) is 4.97. The number of carbonyl (C=O) groups is 1. The van der Waals surface area contributed by atoms with Gasteiger partial charge in [-0.1, -0.05) is 37.3 Å². The number of aliphatic carboxylic acids is 1. The summed E-state index contributed by atoms with van der Waals surface area (Å²) in [6.07, 6.45) is 2.97. The first-order valence-electron chi connectivity index (χ1n) is 6.86. The minimum Gasteiger partial charge on any atom is -0.480 e. The normalized spacial score (nSPS) is 24.9. The largest absolute Gasteiger partial charge is 0.480 e. The van der Waals surface area contributed by atoms with Gasteiger partial charge >= 0.3 is 5.97 Å². The van der Waals surface area contributed by atoms with E-state index in [9.17, 15) is 9.90 Å².